The van der Waals surface area contributed by atoms with Gasteiger partial charge in [0.05, 0.1) is 26.5 Å². The number of carbonyl (C=O) groups is 2. The predicted molar refractivity (Wildman–Crippen MR) is 113 cm³/mol. The average molecular weight is 405 g/mol. The lowest BCUT2D eigenvalue weighted by atomic mass is 9.75. The molecule has 2 atom stereocenters. The lowest BCUT2D eigenvalue weighted by Crippen LogP contribution is -2.35. The highest BCUT2D eigenvalue weighted by Gasteiger charge is 2.46. The third-order valence-electron chi connectivity index (χ3n) is 5.62. The van der Waals surface area contributed by atoms with Gasteiger partial charge in [-0.1, -0.05) is 30.3 Å². The Bertz CT molecular complexity index is 1100. The molecule has 154 valence electrons. The van der Waals surface area contributed by atoms with E-state index in [2.05, 4.69) is 0 Å². The van der Waals surface area contributed by atoms with Crippen LogP contribution in [0.5, 0.6) is 11.5 Å². The maximum absolute atomic E-state index is 13.4. The summed E-state index contributed by atoms with van der Waals surface area (Å²) in [5.41, 5.74) is 3.95. The minimum absolute atomic E-state index is 0.106. The number of benzene rings is 2. The second-order valence-corrected chi connectivity index (χ2v) is 7.21. The molecule has 30 heavy (non-hydrogen) atoms. The quantitative estimate of drug-likeness (QED) is 0.702. The van der Waals surface area contributed by atoms with Crippen molar-refractivity contribution < 1.29 is 23.8 Å². The molecule has 0 saturated heterocycles. The van der Waals surface area contributed by atoms with E-state index in [0.717, 1.165) is 11.1 Å². The van der Waals surface area contributed by atoms with E-state index >= 15 is 0 Å². The summed E-state index contributed by atoms with van der Waals surface area (Å²) in [6.45, 7) is 3.83. The molecule has 2 aromatic rings. The first-order valence-corrected chi connectivity index (χ1v) is 9.83. The molecule has 0 bridgehead atoms. The van der Waals surface area contributed by atoms with Crippen LogP contribution in [-0.2, 0) is 9.53 Å². The van der Waals surface area contributed by atoms with E-state index in [9.17, 15) is 9.59 Å². The fraction of sp³-hybridized carbons (Fsp3) is 0.292. The van der Waals surface area contributed by atoms with Crippen LogP contribution in [0.3, 0.4) is 0 Å². The number of Topliss-reactive ketones (excluding diaryl/α,β-unsaturated/α-hetero) is 1. The van der Waals surface area contributed by atoms with Gasteiger partial charge in [-0.2, -0.15) is 0 Å². The number of fused-ring (bicyclic) bond motifs is 2. The Labute approximate surface area is 175 Å². The Balaban J connectivity index is 1.93. The SMILES string of the molecule is CCOC(=O)C1C(C)=NC2=C(C(=O)c3ccccc32)[C@H]1c1ccc(OC)c(OC)c1. The molecule has 1 heterocycles. The molecule has 1 unspecified atom stereocenters. The zero-order chi connectivity index (χ0) is 21.4. The van der Waals surface area contributed by atoms with Crippen molar-refractivity contribution in [2.75, 3.05) is 20.8 Å². The van der Waals surface area contributed by atoms with E-state index in [1.807, 2.05) is 37.3 Å². The molecule has 0 radical (unpaired) electrons. The summed E-state index contributed by atoms with van der Waals surface area (Å²) < 4.78 is 16.2. The van der Waals surface area contributed by atoms with Crippen molar-refractivity contribution in [3.05, 3.63) is 64.7 Å². The maximum atomic E-state index is 13.4. The van der Waals surface area contributed by atoms with Crippen molar-refractivity contribution in [1.82, 2.24) is 0 Å². The Hall–Kier alpha value is -3.41. The molecule has 0 N–H and O–H groups in total. The average Bonchev–Trinajstić information content (AvgIpc) is 3.04. The smallest absolute Gasteiger partial charge is 0.315 e. The molecule has 2 aliphatic rings. The van der Waals surface area contributed by atoms with Gasteiger partial charge >= 0.3 is 5.97 Å². The third kappa shape index (κ3) is 3.00. The molecule has 0 amide bonds. The number of hydrogen-bond acceptors (Lipinski definition) is 6. The van der Waals surface area contributed by atoms with Crippen molar-refractivity contribution in [2.45, 2.75) is 19.8 Å². The van der Waals surface area contributed by atoms with Crippen molar-refractivity contribution in [2.24, 2.45) is 10.9 Å². The Morgan fingerprint density at radius 1 is 1.03 bits per heavy atom. The zero-order valence-corrected chi connectivity index (χ0v) is 17.4. The van der Waals surface area contributed by atoms with Gasteiger partial charge in [-0.05, 0) is 31.5 Å². The molecule has 6 heteroatoms. The Kier molecular flexibility index (Phi) is 5.16. The predicted octanol–water partition coefficient (Wildman–Crippen LogP) is 4.05. The van der Waals surface area contributed by atoms with Gasteiger partial charge in [0.1, 0.15) is 5.92 Å². The molecule has 1 aliphatic heterocycles. The molecule has 6 nitrogen and oxygen atoms in total. The first-order valence-electron chi connectivity index (χ1n) is 9.83. The highest BCUT2D eigenvalue weighted by molar-refractivity contribution is 6.24. The number of ether oxygens (including phenoxy) is 3. The number of rotatable bonds is 5. The fourth-order valence-corrected chi connectivity index (χ4v) is 4.29. The minimum atomic E-state index is -0.694. The summed E-state index contributed by atoms with van der Waals surface area (Å²) in [7, 11) is 3.12. The lowest BCUT2D eigenvalue weighted by molar-refractivity contribution is -0.146. The van der Waals surface area contributed by atoms with Crippen LogP contribution in [0.1, 0.15) is 41.3 Å². The van der Waals surface area contributed by atoms with E-state index in [4.69, 9.17) is 19.2 Å². The van der Waals surface area contributed by atoms with E-state index < -0.39 is 17.8 Å². The van der Waals surface area contributed by atoms with Crippen molar-refractivity contribution in [3.63, 3.8) is 0 Å². The number of methoxy groups -OCH3 is 2. The van der Waals surface area contributed by atoms with Gasteiger partial charge in [-0.25, -0.2) is 0 Å². The number of allylic oxidation sites excluding steroid dienone is 1. The van der Waals surface area contributed by atoms with Crippen LogP contribution in [0.15, 0.2) is 53.0 Å². The monoisotopic (exact) mass is 405 g/mol. The third-order valence-corrected chi connectivity index (χ3v) is 5.62. The maximum Gasteiger partial charge on any atom is 0.315 e. The van der Waals surface area contributed by atoms with Crippen LogP contribution in [0.25, 0.3) is 5.70 Å². The summed E-state index contributed by atoms with van der Waals surface area (Å²) in [5.74, 6) is -0.621. The van der Waals surface area contributed by atoms with Crippen LogP contribution in [0.4, 0.5) is 0 Å². The molecule has 0 aromatic heterocycles. The van der Waals surface area contributed by atoms with Gasteiger partial charge in [0.2, 0.25) is 0 Å². The number of ketones is 1. The van der Waals surface area contributed by atoms with Crippen LogP contribution in [0, 0.1) is 5.92 Å². The number of hydrogen-bond donors (Lipinski definition) is 0. The zero-order valence-electron chi connectivity index (χ0n) is 17.4. The second kappa shape index (κ2) is 7.78. The van der Waals surface area contributed by atoms with Gasteiger partial charge in [-0.15, -0.1) is 0 Å². The molecular weight excluding hydrogens is 382 g/mol. The van der Waals surface area contributed by atoms with E-state index in [1.54, 1.807) is 33.3 Å². The number of nitrogens with zero attached hydrogens (tertiary/aromatic N) is 1. The van der Waals surface area contributed by atoms with Gasteiger partial charge in [0.15, 0.2) is 17.3 Å². The normalized spacial score (nSPS) is 19.7. The summed E-state index contributed by atoms with van der Waals surface area (Å²) in [6, 6.07) is 12.9. The molecule has 4 rings (SSSR count). The molecule has 0 spiro atoms. The van der Waals surface area contributed by atoms with Gasteiger partial charge in [0.25, 0.3) is 0 Å². The topological polar surface area (TPSA) is 74.2 Å². The highest BCUT2D eigenvalue weighted by atomic mass is 16.5. The number of esters is 1. The Morgan fingerprint density at radius 3 is 2.40 bits per heavy atom. The van der Waals surface area contributed by atoms with Gasteiger partial charge in [-0.3, -0.25) is 14.6 Å². The van der Waals surface area contributed by atoms with E-state index in [1.165, 1.54) is 0 Å². The van der Waals surface area contributed by atoms with Crippen molar-refractivity contribution in [3.8, 4) is 11.5 Å². The van der Waals surface area contributed by atoms with Crippen LogP contribution in [-0.4, -0.2) is 38.3 Å². The van der Waals surface area contributed by atoms with E-state index in [-0.39, 0.29) is 12.4 Å². The standard InChI is InChI=1S/C24H23NO5/c1-5-30-24(27)19-13(2)25-22-15-8-6-7-9-16(15)23(26)21(22)20(19)14-10-11-17(28-3)18(12-14)29-4/h6-12,19-20H,5H2,1-4H3/t19?,20-/m0/s1. The summed E-state index contributed by atoms with van der Waals surface area (Å²) in [5, 5.41) is 0. The molecular formula is C24H23NO5. The van der Waals surface area contributed by atoms with Crippen molar-refractivity contribution >= 4 is 23.2 Å². The van der Waals surface area contributed by atoms with Crippen LogP contribution >= 0.6 is 0 Å². The molecule has 2 aromatic carbocycles. The number of aliphatic imine (C=N–C) groups is 1. The first kappa shape index (κ1) is 19.9. The summed E-state index contributed by atoms with van der Waals surface area (Å²) in [6.07, 6.45) is 0. The molecule has 0 fully saturated rings. The second-order valence-electron chi connectivity index (χ2n) is 7.21. The summed E-state index contributed by atoms with van der Waals surface area (Å²) in [4.78, 5) is 31.0. The van der Waals surface area contributed by atoms with Gasteiger partial charge in [0, 0.05) is 28.3 Å². The van der Waals surface area contributed by atoms with Crippen LogP contribution < -0.4 is 9.47 Å². The highest BCUT2D eigenvalue weighted by Crippen LogP contribution is 2.49. The van der Waals surface area contributed by atoms with Gasteiger partial charge < -0.3 is 14.2 Å². The van der Waals surface area contributed by atoms with Crippen LogP contribution in [0.2, 0.25) is 0 Å². The largest absolute Gasteiger partial charge is 0.493 e. The Morgan fingerprint density at radius 2 is 1.73 bits per heavy atom. The molecule has 1 aliphatic carbocycles. The van der Waals surface area contributed by atoms with E-state index in [0.29, 0.717) is 34.0 Å². The number of carbonyl (C=O) groups excluding carboxylic acids is 2. The lowest BCUT2D eigenvalue weighted by Gasteiger charge is -2.30. The minimum Gasteiger partial charge on any atom is -0.493 e. The summed E-state index contributed by atoms with van der Waals surface area (Å²) >= 11 is 0. The first-order chi connectivity index (χ1) is 14.5. The molecule has 0 saturated carbocycles. The fourth-order valence-electron chi connectivity index (χ4n) is 4.29. The van der Waals surface area contributed by atoms with Crippen molar-refractivity contribution in [1.29, 1.82) is 0 Å².